The lowest BCUT2D eigenvalue weighted by Crippen LogP contribution is -2.48. The van der Waals surface area contributed by atoms with Gasteiger partial charge in [0.05, 0.1) is 18.3 Å². The van der Waals surface area contributed by atoms with Crippen LogP contribution in [0, 0.1) is 13.8 Å². The highest BCUT2D eigenvalue weighted by Gasteiger charge is 2.25. The zero-order valence-corrected chi connectivity index (χ0v) is 14.4. The summed E-state index contributed by atoms with van der Waals surface area (Å²) >= 11 is 6.02. The molecule has 0 atom stereocenters. The molecular weight excluding hydrogens is 316 g/mol. The fraction of sp³-hybridized carbons (Fsp3) is 0.500. The van der Waals surface area contributed by atoms with Crippen LogP contribution in [0.3, 0.4) is 0 Å². The molecule has 2 aromatic rings. The van der Waals surface area contributed by atoms with Crippen LogP contribution in [0.5, 0.6) is 0 Å². The minimum Gasteiger partial charge on any atom is -0.466 e. The van der Waals surface area contributed by atoms with Gasteiger partial charge in [-0.1, -0.05) is 11.6 Å². The van der Waals surface area contributed by atoms with Crippen LogP contribution in [-0.2, 0) is 13.6 Å². The van der Waals surface area contributed by atoms with Crippen molar-refractivity contribution in [3.63, 3.8) is 0 Å². The standard InChI is InChI=1S/C16H21ClN4O2/c1-11-8-13(12(2)23-11)16(22)21-6-4-20(5-7-21)10-15-18-9-14(17)19(15)3/h8-9H,4-7,10H2,1-3H3. The molecule has 6 nitrogen and oxygen atoms in total. The quantitative estimate of drug-likeness (QED) is 0.862. The van der Waals surface area contributed by atoms with E-state index in [1.165, 1.54) is 0 Å². The van der Waals surface area contributed by atoms with Crippen LogP contribution in [0.4, 0.5) is 0 Å². The summed E-state index contributed by atoms with van der Waals surface area (Å²) in [5.74, 6) is 2.46. The summed E-state index contributed by atoms with van der Waals surface area (Å²) in [4.78, 5) is 21.1. The van der Waals surface area contributed by atoms with Crippen molar-refractivity contribution in [3.05, 3.63) is 40.3 Å². The Morgan fingerprint density at radius 3 is 2.52 bits per heavy atom. The number of carbonyl (C=O) groups excluding carboxylic acids is 1. The summed E-state index contributed by atoms with van der Waals surface area (Å²) in [6.07, 6.45) is 1.67. The van der Waals surface area contributed by atoms with Crippen molar-refractivity contribution in [2.24, 2.45) is 7.05 Å². The van der Waals surface area contributed by atoms with Crippen molar-refractivity contribution in [3.8, 4) is 0 Å². The van der Waals surface area contributed by atoms with Crippen LogP contribution in [-0.4, -0.2) is 51.4 Å². The summed E-state index contributed by atoms with van der Waals surface area (Å²) in [6.45, 7) is 7.51. The van der Waals surface area contributed by atoms with Gasteiger partial charge in [0.15, 0.2) is 0 Å². The van der Waals surface area contributed by atoms with Gasteiger partial charge in [-0.2, -0.15) is 0 Å². The lowest BCUT2D eigenvalue weighted by molar-refractivity contribution is 0.0622. The zero-order chi connectivity index (χ0) is 16.6. The van der Waals surface area contributed by atoms with Crippen molar-refractivity contribution < 1.29 is 9.21 Å². The highest BCUT2D eigenvalue weighted by Crippen LogP contribution is 2.18. The van der Waals surface area contributed by atoms with Gasteiger partial charge >= 0.3 is 0 Å². The Bertz CT molecular complexity index is 714. The molecule has 0 aromatic carbocycles. The van der Waals surface area contributed by atoms with E-state index < -0.39 is 0 Å². The maximum absolute atomic E-state index is 12.6. The molecule has 1 saturated heterocycles. The van der Waals surface area contributed by atoms with E-state index in [0.29, 0.717) is 29.6 Å². The number of nitrogens with zero attached hydrogens (tertiary/aromatic N) is 4. The van der Waals surface area contributed by atoms with Gasteiger partial charge in [-0.15, -0.1) is 0 Å². The van der Waals surface area contributed by atoms with E-state index in [-0.39, 0.29) is 5.91 Å². The smallest absolute Gasteiger partial charge is 0.257 e. The number of furan rings is 1. The minimum atomic E-state index is 0.0547. The van der Waals surface area contributed by atoms with Gasteiger partial charge in [0.1, 0.15) is 22.5 Å². The Balaban J connectivity index is 1.59. The van der Waals surface area contributed by atoms with E-state index in [1.54, 1.807) is 6.20 Å². The number of hydrogen-bond donors (Lipinski definition) is 0. The molecule has 124 valence electrons. The number of piperazine rings is 1. The normalized spacial score (nSPS) is 16.1. The molecular formula is C16H21ClN4O2. The first kappa shape index (κ1) is 16.1. The Kier molecular flexibility index (Phi) is 4.46. The monoisotopic (exact) mass is 336 g/mol. The molecule has 1 aliphatic heterocycles. The molecule has 0 bridgehead atoms. The Hall–Kier alpha value is -1.79. The van der Waals surface area contributed by atoms with Crippen molar-refractivity contribution in [1.29, 1.82) is 0 Å². The highest BCUT2D eigenvalue weighted by atomic mass is 35.5. The molecule has 0 radical (unpaired) electrons. The van der Waals surface area contributed by atoms with E-state index >= 15 is 0 Å². The SMILES string of the molecule is Cc1cc(C(=O)N2CCN(Cc3ncc(Cl)n3C)CC2)c(C)o1. The predicted octanol–water partition coefficient (Wildman–Crippen LogP) is 2.24. The number of aryl methyl sites for hydroxylation is 2. The van der Waals surface area contributed by atoms with E-state index in [9.17, 15) is 4.79 Å². The summed E-state index contributed by atoms with van der Waals surface area (Å²) in [5, 5.41) is 0.639. The molecule has 3 rings (SSSR count). The fourth-order valence-electron chi connectivity index (χ4n) is 2.89. The molecule has 0 aliphatic carbocycles. The number of rotatable bonds is 3. The van der Waals surface area contributed by atoms with Crippen LogP contribution >= 0.6 is 11.6 Å². The summed E-state index contributed by atoms with van der Waals surface area (Å²) in [7, 11) is 1.91. The van der Waals surface area contributed by atoms with Crippen LogP contribution in [0.15, 0.2) is 16.7 Å². The molecule has 0 unspecified atom stereocenters. The van der Waals surface area contributed by atoms with Crippen molar-refractivity contribution >= 4 is 17.5 Å². The molecule has 23 heavy (non-hydrogen) atoms. The van der Waals surface area contributed by atoms with Crippen LogP contribution in [0.25, 0.3) is 0 Å². The third-order valence-corrected chi connectivity index (χ3v) is 4.67. The maximum atomic E-state index is 12.6. The molecule has 0 spiro atoms. The third-order valence-electron chi connectivity index (χ3n) is 4.32. The topological polar surface area (TPSA) is 54.5 Å². The molecule has 3 heterocycles. The van der Waals surface area contributed by atoms with Gasteiger partial charge in [-0.05, 0) is 19.9 Å². The first-order valence-corrected chi connectivity index (χ1v) is 8.08. The third kappa shape index (κ3) is 3.28. The van der Waals surface area contributed by atoms with Crippen LogP contribution in [0.2, 0.25) is 5.15 Å². The van der Waals surface area contributed by atoms with E-state index in [0.717, 1.165) is 31.2 Å². The largest absolute Gasteiger partial charge is 0.466 e. The van der Waals surface area contributed by atoms with Crippen molar-refractivity contribution in [2.45, 2.75) is 20.4 Å². The number of amides is 1. The summed E-state index contributed by atoms with van der Waals surface area (Å²) in [5.41, 5.74) is 0.673. The van der Waals surface area contributed by atoms with Gasteiger partial charge in [0, 0.05) is 33.2 Å². The minimum absolute atomic E-state index is 0.0547. The van der Waals surface area contributed by atoms with Gasteiger partial charge in [0.2, 0.25) is 0 Å². The van der Waals surface area contributed by atoms with E-state index in [2.05, 4.69) is 9.88 Å². The zero-order valence-electron chi connectivity index (χ0n) is 13.7. The summed E-state index contributed by atoms with van der Waals surface area (Å²) < 4.78 is 7.35. The Morgan fingerprint density at radius 2 is 2.00 bits per heavy atom. The second-order valence-electron chi connectivity index (χ2n) is 5.95. The Labute approximate surface area is 140 Å². The first-order chi connectivity index (χ1) is 11.0. The predicted molar refractivity (Wildman–Crippen MR) is 87.6 cm³/mol. The number of halogens is 1. The molecule has 1 aliphatic rings. The summed E-state index contributed by atoms with van der Waals surface area (Å²) in [6, 6.07) is 1.82. The number of aromatic nitrogens is 2. The molecule has 2 aromatic heterocycles. The van der Waals surface area contributed by atoms with Gasteiger partial charge in [-0.3, -0.25) is 9.69 Å². The van der Waals surface area contributed by atoms with Crippen LogP contribution in [0.1, 0.15) is 27.7 Å². The highest BCUT2D eigenvalue weighted by molar-refractivity contribution is 6.29. The van der Waals surface area contributed by atoms with E-state index in [1.807, 2.05) is 36.4 Å². The van der Waals surface area contributed by atoms with E-state index in [4.69, 9.17) is 16.0 Å². The Morgan fingerprint density at radius 1 is 1.30 bits per heavy atom. The van der Waals surface area contributed by atoms with Crippen LogP contribution < -0.4 is 0 Å². The maximum Gasteiger partial charge on any atom is 0.257 e. The molecule has 1 fully saturated rings. The van der Waals surface area contributed by atoms with Gasteiger partial charge in [-0.25, -0.2) is 4.98 Å². The van der Waals surface area contributed by atoms with Crippen molar-refractivity contribution in [1.82, 2.24) is 19.4 Å². The second-order valence-corrected chi connectivity index (χ2v) is 6.34. The number of imidazole rings is 1. The first-order valence-electron chi connectivity index (χ1n) is 7.70. The molecule has 1 amide bonds. The lowest BCUT2D eigenvalue weighted by atomic mass is 10.2. The average molecular weight is 337 g/mol. The second kappa shape index (κ2) is 6.37. The average Bonchev–Trinajstić information content (AvgIpc) is 3.03. The van der Waals surface area contributed by atoms with Gasteiger partial charge in [0.25, 0.3) is 5.91 Å². The van der Waals surface area contributed by atoms with Crippen molar-refractivity contribution in [2.75, 3.05) is 26.2 Å². The number of carbonyl (C=O) groups is 1. The van der Waals surface area contributed by atoms with Gasteiger partial charge < -0.3 is 13.9 Å². The fourth-order valence-corrected chi connectivity index (χ4v) is 3.04. The lowest BCUT2D eigenvalue weighted by Gasteiger charge is -2.34. The molecule has 0 N–H and O–H groups in total. The molecule has 0 saturated carbocycles. The number of hydrogen-bond acceptors (Lipinski definition) is 4. The molecule has 7 heteroatoms.